The molecule has 0 aliphatic rings. The minimum Gasteiger partial charge on any atom is -0.367 e. The number of alkyl halides is 3. The van der Waals surface area contributed by atoms with Crippen LogP contribution in [-0.2, 0) is 6.18 Å². The molecule has 0 saturated heterocycles. The van der Waals surface area contributed by atoms with Gasteiger partial charge in [0.15, 0.2) is 0 Å². The molecule has 0 bridgehead atoms. The predicted octanol–water partition coefficient (Wildman–Crippen LogP) is 2.03. The summed E-state index contributed by atoms with van der Waals surface area (Å²) in [5.41, 5.74) is -0.637. The van der Waals surface area contributed by atoms with Gasteiger partial charge in [0.2, 0.25) is 0 Å². The van der Waals surface area contributed by atoms with Crippen molar-refractivity contribution in [1.82, 2.24) is 4.98 Å². The molecule has 0 radical (unpaired) electrons. The molecule has 50 valence electrons. The van der Waals surface area contributed by atoms with E-state index >= 15 is 0 Å². The van der Waals surface area contributed by atoms with Crippen LogP contribution in [0.1, 0.15) is 5.56 Å². The number of hydrogen-bond acceptors (Lipinski definition) is 0. The molecule has 0 aliphatic carbocycles. The Kier molecular flexibility index (Phi) is 1.23. The Hall–Kier alpha value is -0.930. The van der Waals surface area contributed by atoms with Gasteiger partial charge in [0.05, 0.1) is 5.56 Å². The minimum atomic E-state index is -4.21. The maximum atomic E-state index is 11.6. The normalized spacial score (nSPS) is 11.9. The molecule has 0 saturated carbocycles. The molecule has 0 aromatic carbocycles. The Morgan fingerprint density at radius 3 is 2.22 bits per heavy atom. The molecule has 9 heavy (non-hydrogen) atoms. The average Bonchev–Trinajstić information content (AvgIpc) is 2.08. The Balaban J connectivity index is 2.90. The van der Waals surface area contributed by atoms with Gasteiger partial charge in [-0.2, -0.15) is 13.2 Å². The van der Waals surface area contributed by atoms with E-state index in [4.69, 9.17) is 0 Å². The summed E-state index contributed by atoms with van der Waals surface area (Å²) in [6, 6.07) is 0.986. The molecule has 4 heteroatoms. The zero-order valence-corrected chi connectivity index (χ0v) is 4.37. The van der Waals surface area contributed by atoms with E-state index in [-0.39, 0.29) is 0 Å². The van der Waals surface area contributed by atoms with Gasteiger partial charge in [0, 0.05) is 12.4 Å². The van der Waals surface area contributed by atoms with E-state index in [1.54, 1.807) is 0 Å². The van der Waals surface area contributed by atoms with Gasteiger partial charge in [0.25, 0.3) is 0 Å². The number of nitrogens with one attached hydrogen (secondary N) is 1. The fraction of sp³-hybridized carbons (Fsp3) is 0.200. The molecule has 1 rings (SSSR count). The fourth-order valence-corrected chi connectivity index (χ4v) is 0.500. The van der Waals surface area contributed by atoms with Crippen LogP contribution in [0.2, 0.25) is 0 Å². The lowest BCUT2D eigenvalue weighted by Crippen LogP contribution is -2.01. The average molecular weight is 135 g/mol. The number of rotatable bonds is 0. The summed E-state index contributed by atoms with van der Waals surface area (Å²) in [6.07, 6.45) is -2.05. The van der Waals surface area contributed by atoms with E-state index in [2.05, 4.69) is 4.98 Å². The van der Waals surface area contributed by atoms with E-state index in [0.717, 1.165) is 12.3 Å². The van der Waals surface area contributed by atoms with Crippen molar-refractivity contribution in [2.45, 2.75) is 6.18 Å². The zero-order chi connectivity index (χ0) is 6.91. The highest BCUT2D eigenvalue weighted by molar-refractivity contribution is 5.11. The smallest absolute Gasteiger partial charge is 0.367 e. The van der Waals surface area contributed by atoms with Crippen LogP contribution in [0.25, 0.3) is 0 Å². The van der Waals surface area contributed by atoms with Crippen LogP contribution in [0.5, 0.6) is 0 Å². The van der Waals surface area contributed by atoms with Crippen LogP contribution in [0, 0.1) is 0 Å². The summed E-state index contributed by atoms with van der Waals surface area (Å²) in [5.74, 6) is 0. The van der Waals surface area contributed by atoms with Crippen LogP contribution in [0.15, 0.2) is 18.5 Å². The maximum Gasteiger partial charge on any atom is 0.417 e. The molecular weight excluding hydrogens is 131 g/mol. The highest BCUT2D eigenvalue weighted by atomic mass is 19.4. The van der Waals surface area contributed by atoms with Gasteiger partial charge in [-0.3, -0.25) is 0 Å². The topological polar surface area (TPSA) is 15.8 Å². The van der Waals surface area contributed by atoms with Crippen LogP contribution >= 0.6 is 0 Å². The molecular formula is C5H4F3N. The van der Waals surface area contributed by atoms with E-state index < -0.39 is 11.7 Å². The van der Waals surface area contributed by atoms with E-state index in [0.29, 0.717) is 0 Å². The van der Waals surface area contributed by atoms with Gasteiger partial charge in [-0.1, -0.05) is 0 Å². The lowest BCUT2D eigenvalue weighted by molar-refractivity contribution is -0.137. The Bertz CT molecular complexity index is 175. The third-order valence-corrected chi connectivity index (χ3v) is 0.925. The van der Waals surface area contributed by atoms with E-state index in [1.807, 2.05) is 0 Å². The first-order chi connectivity index (χ1) is 4.11. The van der Waals surface area contributed by atoms with Crippen molar-refractivity contribution in [2.24, 2.45) is 0 Å². The first kappa shape index (κ1) is 6.19. The number of hydrogen-bond donors (Lipinski definition) is 1. The molecule has 0 aliphatic heterocycles. The van der Waals surface area contributed by atoms with Crippen LogP contribution in [-0.4, -0.2) is 4.98 Å². The minimum absolute atomic E-state index is 0.637. The van der Waals surface area contributed by atoms with Gasteiger partial charge in [-0.05, 0) is 6.07 Å². The summed E-state index contributed by atoms with van der Waals surface area (Å²) in [6.45, 7) is 0. The summed E-state index contributed by atoms with van der Waals surface area (Å²) in [7, 11) is 0. The highest BCUT2D eigenvalue weighted by Gasteiger charge is 2.30. The molecule has 1 heterocycles. The maximum absolute atomic E-state index is 11.6. The molecule has 1 aromatic rings. The molecule has 1 nitrogen and oxygen atoms in total. The second-order valence-electron chi connectivity index (χ2n) is 1.60. The van der Waals surface area contributed by atoms with Crippen LogP contribution in [0.4, 0.5) is 13.2 Å². The van der Waals surface area contributed by atoms with Crippen molar-refractivity contribution >= 4 is 0 Å². The van der Waals surface area contributed by atoms with E-state index in [1.165, 1.54) is 6.20 Å². The van der Waals surface area contributed by atoms with Gasteiger partial charge in [-0.25, -0.2) is 0 Å². The molecule has 0 spiro atoms. The van der Waals surface area contributed by atoms with Gasteiger partial charge >= 0.3 is 6.18 Å². The van der Waals surface area contributed by atoms with Gasteiger partial charge in [-0.15, -0.1) is 0 Å². The fourth-order valence-electron chi connectivity index (χ4n) is 0.500. The Morgan fingerprint density at radius 1 is 1.33 bits per heavy atom. The second-order valence-corrected chi connectivity index (χ2v) is 1.60. The number of aromatic nitrogens is 1. The van der Waals surface area contributed by atoms with Crippen molar-refractivity contribution in [3.05, 3.63) is 24.0 Å². The molecule has 0 fully saturated rings. The second kappa shape index (κ2) is 1.79. The number of aromatic amines is 1. The lowest BCUT2D eigenvalue weighted by Gasteiger charge is -1.99. The zero-order valence-electron chi connectivity index (χ0n) is 4.37. The van der Waals surface area contributed by atoms with Crippen molar-refractivity contribution in [1.29, 1.82) is 0 Å². The predicted molar refractivity (Wildman–Crippen MR) is 25.8 cm³/mol. The van der Waals surface area contributed by atoms with Gasteiger partial charge < -0.3 is 4.98 Å². The summed E-state index contributed by atoms with van der Waals surface area (Å²) >= 11 is 0. The van der Waals surface area contributed by atoms with Crippen molar-refractivity contribution in [3.8, 4) is 0 Å². The summed E-state index contributed by atoms with van der Waals surface area (Å²) in [4.78, 5) is 2.32. The number of halogens is 3. The Morgan fingerprint density at radius 2 is 2.00 bits per heavy atom. The van der Waals surface area contributed by atoms with Crippen LogP contribution < -0.4 is 0 Å². The van der Waals surface area contributed by atoms with Gasteiger partial charge in [0.1, 0.15) is 0 Å². The Labute approximate surface area is 49.5 Å². The molecule has 0 unspecified atom stereocenters. The molecule has 0 amide bonds. The molecule has 1 aromatic heterocycles. The first-order valence-corrected chi connectivity index (χ1v) is 2.30. The van der Waals surface area contributed by atoms with Crippen molar-refractivity contribution in [2.75, 3.05) is 0 Å². The standard InChI is InChI=1S/C5H4F3N/c6-5(7,8)4-1-2-9-3-4/h1-3,9H. The molecule has 1 N–H and O–H groups in total. The SMILES string of the molecule is FC(F)(F)c1cc[nH]c1. The first-order valence-electron chi connectivity index (χ1n) is 2.30. The van der Waals surface area contributed by atoms with Crippen molar-refractivity contribution < 1.29 is 13.2 Å². The monoisotopic (exact) mass is 135 g/mol. The summed E-state index contributed by atoms with van der Waals surface area (Å²) in [5, 5.41) is 0. The highest BCUT2D eigenvalue weighted by Crippen LogP contribution is 2.28. The molecule has 0 atom stereocenters. The lowest BCUT2D eigenvalue weighted by atomic mass is 10.3. The third kappa shape index (κ3) is 1.25. The van der Waals surface area contributed by atoms with Crippen molar-refractivity contribution in [3.63, 3.8) is 0 Å². The summed E-state index contributed by atoms with van der Waals surface area (Å²) < 4.78 is 34.8. The van der Waals surface area contributed by atoms with Crippen LogP contribution in [0.3, 0.4) is 0 Å². The third-order valence-electron chi connectivity index (χ3n) is 0.925. The quantitative estimate of drug-likeness (QED) is 0.560. The van der Waals surface area contributed by atoms with E-state index in [9.17, 15) is 13.2 Å². The largest absolute Gasteiger partial charge is 0.417 e. The number of H-pyrrole nitrogens is 1.